The zero-order valence-electron chi connectivity index (χ0n) is 9.46. The summed E-state index contributed by atoms with van der Waals surface area (Å²) in [5.74, 6) is -0.450. The minimum absolute atomic E-state index is 0.141. The summed E-state index contributed by atoms with van der Waals surface area (Å²) in [6, 6.07) is 0. The highest BCUT2D eigenvalue weighted by molar-refractivity contribution is 5.76. The van der Waals surface area contributed by atoms with E-state index < -0.39 is 11.6 Å². The van der Waals surface area contributed by atoms with Crippen molar-refractivity contribution in [3.8, 4) is 0 Å². The lowest BCUT2D eigenvalue weighted by molar-refractivity contribution is -0.158. The maximum Gasteiger partial charge on any atom is 0.336 e. The monoisotopic (exact) mass is 229 g/mol. The summed E-state index contributed by atoms with van der Waals surface area (Å²) in [5.41, 5.74) is -1.69. The molecule has 3 N–H and O–H groups in total. The Morgan fingerprint density at radius 1 is 1.44 bits per heavy atom. The van der Waals surface area contributed by atoms with Crippen molar-refractivity contribution in [2.45, 2.75) is 31.5 Å². The molecule has 2 fully saturated rings. The third-order valence-electron chi connectivity index (χ3n) is 3.89. The summed E-state index contributed by atoms with van der Waals surface area (Å²) in [5, 5.41) is 28.2. The van der Waals surface area contributed by atoms with E-state index in [2.05, 4.69) is 0 Å². The molecule has 1 saturated heterocycles. The summed E-state index contributed by atoms with van der Waals surface area (Å²) in [6.07, 6.45) is 1.63. The van der Waals surface area contributed by atoms with Crippen molar-refractivity contribution in [2.75, 3.05) is 19.6 Å². The van der Waals surface area contributed by atoms with Crippen LogP contribution in [0.2, 0.25) is 0 Å². The third kappa shape index (κ3) is 2.07. The highest BCUT2D eigenvalue weighted by atomic mass is 16.4. The standard InChI is InChI=1S/C11H19NO4/c1-11(16,10(14)15)6-12-4-7-2-3-9(13)8(7)5-12/h7-9,13,16H,2-6H2,1H3,(H,14,15). The van der Waals surface area contributed by atoms with Crippen LogP contribution in [0.1, 0.15) is 19.8 Å². The smallest absolute Gasteiger partial charge is 0.336 e. The van der Waals surface area contributed by atoms with Crippen LogP contribution in [0.15, 0.2) is 0 Å². The maximum atomic E-state index is 10.8. The van der Waals surface area contributed by atoms with Gasteiger partial charge in [0.2, 0.25) is 0 Å². The molecule has 0 radical (unpaired) electrons. The average molecular weight is 229 g/mol. The Morgan fingerprint density at radius 2 is 2.12 bits per heavy atom. The van der Waals surface area contributed by atoms with Crippen molar-refractivity contribution in [3.05, 3.63) is 0 Å². The first-order valence-electron chi connectivity index (χ1n) is 5.76. The average Bonchev–Trinajstić information content (AvgIpc) is 2.68. The number of aliphatic hydroxyl groups excluding tert-OH is 1. The maximum absolute atomic E-state index is 10.8. The van der Waals surface area contributed by atoms with Gasteiger partial charge in [-0.15, -0.1) is 0 Å². The largest absolute Gasteiger partial charge is 0.479 e. The molecule has 0 bridgehead atoms. The molecular weight excluding hydrogens is 210 g/mol. The van der Waals surface area contributed by atoms with E-state index in [-0.39, 0.29) is 18.6 Å². The molecular formula is C11H19NO4. The van der Waals surface area contributed by atoms with Gasteiger partial charge < -0.3 is 15.3 Å². The first-order chi connectivity index (χ1) is 7.40. The molecule has 0 aromatic heterocycles. The highest BCUT2D eigenvalue weighted by Gasteiger charge is 2.44. The Morgan fingerprint density at radius 3 is 2.69 bits per heavy atom. The minimum atomic E-state index is -1.69. The molecule has 2 aliphatic rings. The van der Waals surface area contributed by atoms with Crippen LogP contribution in [0, 0.1) is 11.8 Å². The van der Waals surface area contributed by atoms with Crippen molar-refractivity contribution in [3.63, 3.8) is 0 Å². The van der Waals surface area contributed by atoms with E-state index in [1.165, 1.54) is 6.92 Å². The number of β-amino-alcohol motifs (C(OH)–C–C–N with tert-alkyl or cyclic N) is 1. The summed E-state index contributed by atoms with van der Waals surface area (Å²) < 4.78 is 0. The van der Waals surface area contributed by atoms with Crippen molar-refractivity contribution in [2.24, 2.45) is 11.8 Å². The summed E-state index contributed by atoms with van der Waals surface area (Å²) in [6.45, 7) is 2.96. The molecule has 1 heterocycles. The molecule has 5 heteroatoms. The minimum Gasteiger partial charge on any atom is -0.479 e. The van der Waals surface area contributed by atoms with Gasteiger partial charge in [-0.2, -0.15) is 0 Å². The molecule has 1 aliphatic carbocycles. The van der Waals surface area contributed by atoms with Gasteiger partial charge in [0, 0.05) is 25.6 Å². The Balaban J connectivity index is 1.93. The van der Waals surface area contributed by atoms with Crippen LogP contribution in [0.5, 0.6) is 0 Å². The van der Waals surface area contributed by atoms with Crippen LogP contribution < -0.4 is 0 Å². The van der Waals surface area contributed by atoms with E-state index in [0.29, 0.717) is 12.5 Å². The van der Waals surface area contributed by atoms with Gasteiger partial charge in [-0.3, -0.25) is 4.90 Å². The predicted octanol–water partition coefficient (Wildman–Crippen LogP) is -0.475. The van der Waals surface area contributed by atoms with Gasteiger partial charge in [-0.1, -0.05) is 0 Å². The van der Waals surface area contributed by atoms with Gasteiger partial charge in [-0.05, 0) is 25.7 Å². The van der Waals surface area contributed by atoms with E-state index in [9.17, 15) is 15.0 Å². The second-order valence-electron chi connectivity index (χ2n) is 5.34. The Hall–Kier alpha value is -0.650. The molecule has 16 heavy (non-hydrogen) atoms. The number of rotatable bonds is 3. The molecule has 92 valence electrons. The molecule has 0 aromatic carbocycles. The molecule has 2 rings (SSSR count). The van der Waals surface area contributed by atoms with Crippen LogP contribution in [-0.4, -0.2) is 57.5 Å². The van der Waals surface area contributed by atoms with Gasteiger partial charge in [0.05, 0.1) is 6.10 Å². The van der Waals surface area contributed by atoms with Crippen LogP contribution >= 0.6 is 0 Å². The van der Waals surface area contributed by atoms with Crippen LogP contribution in [0.4, 0.5) is 0 Å². The fourth-order valence-corrected chi connectivity index (χ4v) is 2.96. The van der Waals surface area contributed by atoms with E-state index in [1.807, 2.05) is 4.90 Å². The number of nitrogens with zero attached hydrogens (tertiary/aromatic N) is 1. The zero-order valence-corrected chi connectivity index (χ0v) is 9.46. The van der Waals surface area contributed by atoms with Gasteiger partial charge >= 0.3 is 5.97 Å². The van der Waals surface area contributed by atoms with Crippen LogP contribution in [-0.2, 0) is 4.79 Å². The fraction of sp³-hybridized carbons (Fsp3) is 0.909. The number of fused-ring (bicyclic) bond motifs is 1. The summed E-state index contributed by atoms with van der Waals surface area (Å²) >= 11 is 0. The number of aliphatic hydroxyl groups is 2. The van der Waals surface area contributed by atoms with E-state index in [4.69, 9.17) is 5.11 Å². The van der Waals surface area contributed by atoms with Crippen molar-refractivity contribution < 1.29 is 20.1 Å². The Kier molecular flexibility index (Phi) is 2.94. The molecule has 4 atom stereocenters. The number of hydrogen-bond acceptors (Lipinski definition) is 4. The lowest BCUT2D eigenvalue weighted by Gasteiger charge is -2.25. The lowest BCUT2D eigenvalue weighted by Crippen LogP contribution is -2.46. The molecule has 0 amide bonds. The molecule has 0 aromatic rings. The van der Waals surface area contributed by atoms with E-state index >= 15 is 0 Å². The second kappa shape index (κ2) is 3.98. The zero-order chi connectivity index (χ0) is 11.9. The Bertz CT molecular complexity index is 292. The number of aliphatic carboxylic acids is 1. The first-order valence-corrected chi connectivity index (χ1v) is 5.76. The fourth-order valence-electron chi connectivity index (χ4n) is 2.96. The second-order valence-corrected chi connectivity index (χ2v) is 5.34. The molecule has 1 saturated carbocycles. The molecule has 5 nitrogen and oxygen atoms in total. The lowest BCUT2D eigenvalue weighted by atomic mass is 10.00. The first kappa shape index (κ1) is 11.8. The normalized spacial score (nSPS) is 38.3. The number of likely N-dealkylation sites (tertiary alicyclic amines) is 1. The number of hydrogen-bond donors (Lipinski definition) is 3. The topological polar surface area (TPSA) is 81.0 Å². The quantitative estimate of drug-likeness (QED) is 0.609. The summed E-state index contributed by atoms with van der Waals surface area (Å²) in [4.78, 5) is 12.7. The van der Waals surface area contributed by atoms with Gasteiger partial charge in [0.25, 0.3) is 0 Å². The Labute approximate surface area is 94.7 Å². The van der Waals surface area contributed by atoms with Crippen molar-refractivity contribution >= 4 is 5.97 Å². The van der Waals surface area contributed by atoms with E-state index in [1.54, 1.807) is 0 Å². The van der Waals surface area contributed by atoms with Gasteiger partial charge in [0.15, 0.2) is 5.60 Å². The summed E-state index contributed by atoms with van der Waals surface area (Å²) in [7, 11) is 0. The number of carboxylic acids is 1. The SMILES string of the molecule is CC(O)(CN1CC2CCC(O)C2C1)C(=O)O. The molecule has 4 unspecified atom stereocenters. The predicted molar refractivity (Wildman–Crippen MR) is 56.9 cm³/mol. The van der Waals surface area contributed by atoms with Crippen LogP contribution in [0.3, 0.4) is 0 Å². The van der Waals surface area contributed by atoms with Gasteiger partial charge in [-0.25, -0.2) is 4.79 Å². The number of carbonyl (C=O) groups is 1. The highest BCUT2D eigenvalue weighted by Crippen LogP contribution is 2.38. The van der Waals surface area contributed by atoms with Gasteiger partial charge in [0.1, 0.15) is 0 Å². The third-order valence-corrected chi connectivity index (χ3v) is 3.89. The van der Waals surface area contributed by atoms with E-state index in [0.717, 1.165) is 19.4 Å². The molecule has 1 aliphatic heterocycles. The number of carboxylic acid groups (broad SMARTS) is 1. The van der Waals surface area contributed by atoms with Crippen molar-refractivity contribution in [1.29, 1.82) is 0 Å². The molecule has 0 spiro atoms. The van der Waals surface area contributed by atoms with Crippen molar-refractivity contribution in [1.82, 2.24) is 4.90 Å². The van der Waals surface area contributed by atoms with Crippen LogP contribution in [0.25, 0.3) is 0 Å².